The van der Waals surface area contributed by atoms with E-state index in [4.69, 9.17) is 9.47 Å². The van der Waals surface area contributed by atoms with Gasteiger partial charge in [-0.3, -0.25) is 14.4 Å². The van der Waals surface area contributed by atoms with Crippen molar-refractivity contribution < 1.29 is 19.1 Å². The summed E-state index contributed by atoms with van der Waals surface area (Å²) in [5, 5.41) is 3.02. The Balaban J connectivity index is 1.52. The minimum absolute atomic E-state index is 0.0119. The van der Waals surface area contributed by atoms with E-state index >= 15 is 0 Å². The first-order valence-electron chi connectivity index (χ1n) is 10.4. The first-order chi connectivity index (χ1) is 15.0. The number of ether oxygens (including phenoxy) is 2. The van der Waals surface area contributed by atoms with Gasteiger partial charge in [0.15, 0.2) is 0 Å². The fourth-order valence-corrected chi connectivity index (χ4v) is 3.70. The van der Waals surface area contributed by atoms with Crippen molar-refractivity contribution in [3.8, 4) is 5.75 Å². The molecule has 0 radical (unpaired) electrons. The van der Waals surface area contributed by atoms with Gasteiger partial charge in [0, 0.05) is 50.6 Å². The van der Waals surface area contributed by atoms with Gasteiger partial charge in [0.2, 0.25) is 5.91 Å². The molecule has 2 aromatic rings. The molecule has 8 heteroatoms. The highest BCUT2D eigenvalue weighted by molar-refractivity contribution is 5.94. The molecule has 2 amide bonds. The van der Waals surface area contributed by atoms with Crippen molar-refractivity contribution in [3.05, 3.63) is 64.1 Å². The molecule has 31 heavy (non-hydrogen) atoms. The Kier molecular flexibility index (Phi) is 7.83. The number of para-hydroxylation sites is 1. The van der Waals surface area contributed by atoms with Crippen molar-refractivity contribution in [3.63, 3.8) is 0 Å². The minimum Gasteiger partial charge on any atom is -0.496 e. The standard InChI is InChI=1S/C23H29N3O5/c1-30-14-13-26-16-18(7-8-21(26)27)23(29)24-19-9-11-25(12-10-19)22(28)15-17-5-3-4-6-20(17)31-2/h3-8,16,19H,9-15H2,1-2H3,(H,24,29). The predicted octanol–water partition coefficient (Wildman–Crippen LogP) is 1.47. The number of carbonyl (C=O) groups is 2. The van der Waals surface area contributed by atoms with E-state index in [0.29, 0.717) is 56.8 Å². The number of methoxy groups -OCH3 is 2. The summed E-state index contributed by atoms with van der Waals surface area (Å²) in [6.45, 7) is 1.97. The number of nitrogens with zero attached hydrogens (tertiary/aromatic N) is 2. The van der Waals surface area contributed by atoms with Crippen LogP contribution in [0.3, 0.4) is 0 Å². The summed E-state index contributed by atoms with van der Waals surface area (Å²) in [6, 6.07) is 10.4. The van der Waals surface area contributed by atoms with E-state index in [2.05, 4.69) is 5.32 Å². The smallest absolute Gasteiger partial charge is 0.252 e. The third kappa shape index (κ3) is 5.95. The van der Waals surface area contributed by atoms with Gasteiger partial charge in [0.05, 0.1) is 25.7 Å². The summed E-state index contributed by atoms with van der Waals surface area (Å²) in [5.74, 6) is 0.550. The average molecular weight is 428 g/mol. The van der Waals surface area contributed by atoms with E-state index < -0.39 is 0 Å². The number of likely N-dealkylation sites (tertiary alicyclic amines) is 1. The number of pyridine rings is 1. The monoisotopic (exact) mass is 427 g/mol. The fourth-order valence-electron chi connectivity index (χ4n) is 3.70. The summed E-state index contributed by atoms with van der Waals surface area (Å²) < 4.78 is 11.8. The van der Waals surface area contributed by atoms with Crippen molar-refractivity contribution in [2.24, 2.45) is 0 Å². The first kappa shape index (κ1) is 22.6. The van der Waals surface area contributed by atoms with Gasteiger partial charge in [0.25, 0.3) is 11.5 Å². The van der Waals surface area contributed by atoms with E-state index in [9.17, 15) is 14.4 Å². The highest BCUT2D eigenvalue weighted by atomic mass is 16.5. The Labute approximate surface area is 181 Å². The number of rotatable bonds is 8. The SMILES string of the molecule is COCCn1cc(C(=O)NC2CCN(C(=O)Cc3ccccc3OC)CC2)ccc1=O. The highest BCUT2D eigenvalue weighted by Crippen LogP contribution is 2.20. The van der Waals surface area contributed by atoms with Gasteiger partial charge < -0.3 is 24.3 Å². The van der Waals surface area contributed by atoms with Crippen LogP contribution < -0.4 is 15.6 Å². The molecule has 0 aliphatic carbocycles. The van der Waals surface area contributed by atoms with Gasteiger partial charge in [0.1, 0.15) is 5.75 Å². The van der Waals surface area contributed by atoms with Gasteiger partial charge >= 0.3 is 0 Å². The summed E-state index contributed by atoms with van der Waals surface area (Å²) >= 11 is 0. The normalized spacial score (nSPS) is 14.3. The molecule has 3 rings (SSSR count). The Bertz CT molecular complexity index is 964. The molecule has 0 bridgehead atoms. The molecule has 2 heterocycles. The van der Waals surface area contributed by atoms with E-state index in [0.717, 1.165) is 5.56 Å². The van der Waals surface area contributed by atoms with Crippen LogP contribution in [0.2, 0.25) is 0 Å². The first-order valence-corrected chi connectivity index (χ1v) is 10.4. The molecule has 1 N–H and O–H groups in total. The van der Waals surface area contributed by atoms with Crippen molar-refractivity contribution in [2.75, 3.05) is 33.9 Å². The van der Waals surface area contributed by atoms with Gasteiger partial charge in [-0.15, -0.1) is 0 Å². The number of piperidine rings is 1. The van der Waals surface area contributed by atoms with Gasteiger partial charge in [-0.05, 0) is 25.0 Å². The molecule has 0 unspecified atom stereocenters. The second-order valence-electron chi connectivity index (χ2n) is 7.56. The van der Waals surface area contributed by atoms with Crippen molar-refractivity contribution in [2.45, 2.75) is 31.8 Å². The van der Waals surface area contributed by atoms with Crippen LogP contribution in [0, 0.1) is 0 Å². The average Bonchev–Trinajstić information content (AvgIpc) is 2.79. The number of amides is 2. The summed E-state index contributed by atoms with van der Waals surface area (Å²) in [5.41, 5.74) is 1.13. The molecule has 1 aromatic carbocycles. The number of carbonyl (C=O) groups excluding carboxylic acids is 2. The maximum atomic E-state index is 12.7. The van der Waals surface area contributed by atoms with E-state index in [-0.39, 0.29) is 23.4 Å². The lowest BCUT2D eigenvalue weighted by Gasteiger charge is -2.32. The fraction of sp³-hybridized carbons (Fsp3) is 0.435. The van der Waals surface area contributed by atoms with Crippen LogP contribution in [0.15, 0.2) is 47.4 Å². The molecule has 0 saturated carbocycles. The maximum Gasteiger partial charge on any atom is 0.252 e. The molecule has 0 spiro atoms. The third-order valence-electron chi connectivity index (χ3n) is 5.50. The molecule has 1 fully saturated rings. The summed E-state index contributed by atoms with van der Waals surface area (Å²) in [4.78, 5) is 39.0. The van der Waals surface area contributed by atoms with E-state index in [1.54, 1.807) is 20.4 Å². The lowest BCUT2D eigenvalue weighted by molar-refractivity contribution is -0.131. The van der Waals surface area contributed by atoms with E-state index in [1.165, 1.54) is 16.7 Å². The number of aromatic nitrogens is 1. The van der Waals surface area contributed by atoms with Crippen molar-refractivity contribution >= 4 is 11.8 Å². The summed E-state index contributed by atoms with van der Waals surface area (Å²) in [6.07, 6.45) is 3.23. The van der Waals surface area contributed by atoms with E-state index in [1.807, 2.05) is 29.2 Å². The van der Waals surface area contributed by atoms with Gasteiger partial charge in [-0.25, -0.2) is 0 Å². The Morgan fingerprint density at radius 3 is 2.55 bits per heavy atom. The van der Waals surface area contributed by atoms with Crippen molar-refractivity contribution in [1.82, 2.24) is 14.8 Å². The Morgan fingerprint density at radius 2 is 1.84 bits per heavy atom. The molecule has 1 aliphatic rings. The number of hydrogen-bond donors (Lipinski definition) is 1. The largest absolute Gasteiger partial charge is 0.496 e. The number of benzene rings is 1. The van der Waals surface area contributed by atoms with Crippen LogP contribution in [0.25, 0.3) is 0 Å². The third-order valence-corrected chi connectivity index (χ3v) is 5.50. The molecule has 166 valence electrons. The van der Waals surface area contributed by atoms with Crippen LogP contribution >= 0.6 is 0 Å². The van der Waals surface area contributed by atoms with Gasteiger partial charge in [-0.2, -0.15) is 0 Å². The second-order valence-corrected chi connectivity index (χ2v) is 7.56. The minimum atomic E-state index is -0.218. The lowest BCUT2D eigenvalue weighted by atomic mass is 10.0. The zero-order chi connectivity index (χ0) is 22.2. The van der Waals surface area contributed by atoms with Crippen LogP contribution in [0.4, 0.5) is 0 Å². The molecule has 1 aromatic heterocycles. The zero-order valence-corrected chi connectivity index (χ0v) is 18.0. The molecular weight excluding hydrogens is 398 g/mol. The summed E-state index contributed by atoms with van der Waals surface area (Å²) in [7, 11) is 3.16. The molecule has 8 nitrogen and oxygen atoms in total. The number of nitrogens with one attached hydrogen (secondary N) is 1. The van der Waals surface area contributed by atoms with Gasteiger partial charge in [-0.1, -0.05) is 18.2 Å². The molecule has 1 aliphatic heterocycles. The lowest BCUT2D eigenvalue weighted by Crippen LogP contribution is -2.47. The predicted molar refractivity (Wildman–Crippen MR) is 116 cm³/mol. The molecule has 1 saturated heterocycles. The Morgan fingerprint density at radius 1 is 1.10 bits per heavy atom. The second kappa shape index (κ2) is 10.8. The van der Waals surface area contributed by atoms with Crippen LogP contribution in [-0.4, -0.2) is 61.2 Å². The van der Waals surface area contributed by atoms with Crippen molar-refractivity contribution in [1.29, 1.82) is 0 Å². The quantitative estimate of drug-likeness (QED) is 0.689. The molecular formula is C23H29N3O5. The number of hydrogen-bond acceptors (Lipinski definition) is 5. The molecule has 0 atom stereocenters. The van der Waals surface area contributed by atoms with Crippen LogP contribution in [0.5, 0.6) is 5.75 Å². The van der Waals surface area contributed by atoms with Crippen LogP contribution in [-0.2, 0) is 22.5 Å². The maximum absolute atomic E-state index is 12.7. The highest BCUT2D eigenvalue weighted by Gasteiger charge is 2.25. The Hall–Kier alpha value is -3.13. The topological polar surface area (TPSA) is 89.9 Å². The zero-order valence-electron chi connectivity index (χ0n) is 18.0. The van der Waals surface area contributed by atoms with Crippen LogP contribution in [0.1, 0.15) is 28.8 Å².